The lowest BCUT2D eigenvalue weighted by Crippen LogP contribution is -2.45. The zero-order valence-corrected chi connectivity index (χ0v) is 12.3. The SMILES string of the molecule is CCN1CCOC(Cn2c(N)cc3ccccc3c2=O)C1. The monoisotopic (exact) mass is 287 g/mol. The summed E-state index contributed by atoms with van der Waals surface area (Å²) >= 11 is 0. The van der Waals surface area contributed by atoms with Gasteiger partial charge in [-0.2, -0.15) is 0 Å². The molecule has 3 rings (SSSR count). The molecule has 1 aliphatic rings. The number of hydrogen-bond acceptors (Lipinski definition) is 4. The van der Waals surface area contributed by atoms with Crippen molar-refractivity contribution in [3.8, 4) is 0 Å². The van der Waals surface area contributed by atoms with Crippen molar-refractivity contribution in [2.75, 3.05) is 32.0 Å². The number of aromatic nitrogens is 1. The maximum atomic E-state index is 12.6. The van der Waals surface area contributed by atoms with E-state index in [0.717, 1.165) is 25.0 Å². The van der Waals surface area contributed by atoms with Crippen molar-refractivity contribution in [1.29, 1.82) is 0 Å². The Balaban J connectivity index is 1.92. The number of nitrogens with zero attached hydrogens (tertiary/aromatic N) is 2. The van der Waals surface area contributed by atoms with E-state index in [0.29, 0.717) is 24.4 Å². The van der Waals surface area contributed by atoms with Crippen LogP contribution in [0, 0.1) is 0 Å². The summed E-state index contributed by atoms with van der Waals surface area (Å²) in [5.74, 6) is 0.496. The second-order valence-corrected chi connectivity index (χ2v) is 5.46. The number of morpholine rings is 1. The highest BCUT2D eigenvalue weighted by Crippen LogP contribution is 2.15. The summed E-state index contributed by atoms with van der Waals surface area (Å²) in [6.07, 6.45) is 0.0138. The third-order valence-electron chi connectivity index (χ3n) is 4.11. The van der Waals surface area contributed by atoms with Gasteiger partial charge in [-0.15, -0.1) is 0 Å². The van der Waals surface area contributed by atoms with Crippen LogP contribution in [-0.2, 0) is 11.3 Å². The van der Waals surface area contributed by atoms with Crippen LogP contribution in [-0.4, -0.2) is 41.8 Å². The Morgan fingerprint density at radius 1 is 1.38 bits per heavy atom. The van der Waals surface area contributed by atoms with Crippen LogP contribution in [0.25, 0.3) is 10.8 Å². The first-order valence-corrected chi connectivity index (χ1v) is 7.41. The largest absolute Gasteiger partial charge is 0.385 e. The Bertz CT molecular complexity index is 695. The molecule has 0 bridgehead atoms. The van der Waals surface area contributed by atoms with Crippen molar-refractivity contribution in [3.63, 3.8) is 0 Å². The summed E-state index contributed by atoms with van der Waals surface area (Å²) in [7, 11) is 0. The molecule has 5 heteroatoms. The van der Waals surface area contributed by atoms with Crippen molar-refractivity contribution in [1.82, 2.24) is 9.47 Å². The predicted octanol–water partition coefficient (Wildman–Crippen LogP) is 1.30. The van der Waals surface area contributed by atoms with Gasteiger partial charge in [0.1, 0.15) is 5.82 Å². The summed E-state index contributed by atoms with van der Waals surface area (Å²) in [5, 5.41) is 1.59. The lowest BCUT2D eigenvalue weighted by atomic mass is 10.1. The lowest BCUT2D eigenvalue weighted by molar-refractivity contribution is -0.0343. The number of rotatable bonds is 3. The van der Waals surface area contributed by atoms with E-state index in [4.69, 9.17) is 10.5 Å². The molecule has 2 N–H and O–H groups in total. The first-order chi connectivity index (χ1) is 10.2. The lowest BCUT2D eigenvalue weighted by Gasteiger charge is -2.32. The minimum absolute atomic E-state index is 0.0138. The van der Waals surface area contributed by atoms with E-state index in [1.807, 2.05) is 30.3 Å². The smallest absolute Gasteiger partial charge is 0.260 e. The molecule has 0 spiro atoms. The van der Waals surface area contributed by atoms with E-state index in [-0.39, 0.29) is 11.7 Å². The molecule has 0 amide bonds. The fourth-order valence-electron chi connectivity index (χ4n) is 2.89. The van der Waals surface area contributed by atoms with Crippen molar-refractivity contribution >= 4 is 16.6 Å². The topological polar surface area (TPSA) is 60.5 Å². The van der Waals surface area contributed by atoms with Crippen LogP contribution in [0.3, 0.4) is 0 Å². The summed E-state index contributed by atoms with van der Waals surface area (Å²) in [4.78, 5) is 14.9. The number of nitrogens with two attached hydrogens (primary N) is 1. The van der Waals surface area contributed by atoms with E-state index < -0.39 is 0 Å². The number of likely N-dealkylation sites (N-methyl/N-ethyl adjacent to an activating group) is 1. The molecule has 2 aromatic rings. The quantitative estimate of drug-likeness (QED) is 0.924. The molecule has 1 saturated heterocycles. The Hall–Kier alpha value is -1.85. The van der Waals surface area contributed by atoms with Gasteiger partial charge in [-0.25, -0.2) is 0 Å². The highest BCUT2D eigenvalue weighted by atomic mass is 16.5. The first-order valence-electron chi connectivity index (χ1n) is 7.41. The number of anilines is 1. The molecule has 2 heterocycles. The normalized spacial score (nSPS) is 20.0. The summed E-state index contributed by atoms with van der Waals surface area (Å²) in [6, 6.07) is 9.40. The van der Waals surface area contributed by atoms with Gasteiger partial charge in [0, 0.05) is 18.5 Å². The minimum Gasteiger partial charge on any atom is -0.385 e. The molecule has 0 saturated carbocycles. The summed E-state index contributed by atoms with van der Waals surface area (Å²) in [5.41, 5.74) is 6.03. The highest BCUT2D eigenvalue weighted by molar-refractivity contribution is 5.83. The fraction of sp³-hybridized carbons (Fsp3) is 0.438. The maximum absolute atomic E-state index is 12.6. The van der Waals surface area contributed by atoms with Gasteiger partial charge in [-0.1, -0.05) is 25.1 Å². The number of pyridine rings is 1. The molecular formula is C16H21N3O2. The van der Waals surface area contributed by atoms with Crippen LogP contribution in [0.15, 0.2) is 35.1 Å². The number of ether oxygens (including phenoxy) is 1. The minimum atomic E-state index is -0.0391. The van der Waals surface area contributed by atoms with Crippen molar-refractivity contribution in [2.45, 2.75) is 19.6 Å². The highest BCUT2D eigenvalue weighted by Gasteiger charge is 2.21. The third kappa shape index (κ3) is 2.80. The predicted molar refractivity (Wildman–Crippen MR) is 84.5 cm³/mol. The van der Waals surface area contributed by atoms with Crippen LogP contribution in [0.1, 0.15) is 6.92 Å². The van der Waals surface area contributed by atoms with Gasteiger partial charge >= 0.3 is 0 Å². The van der Waals surface area contributed by atoms with Gasteiger partial charge < -0.3 is 10.5 Å². The van der Waals surface area contributed by atoms with Crippen LogP contribution in [0.4, 0.5) is 5.82 Å². The van der Waals surface area contributed by atoms with E-state index in [1.54, 1.807) is 4.57 Å². The van der Waals surface area contributed by atoms with Crippen LogP contribution < -0.4 is 11.3 Å². The van der Waals surface area contributed by atoms with E-state index in [2.05, 4.69) is 11.8 Å². The number of benzene rings is 1. The van der Waals surface area contributed by atoms with Crippen molar-refractivity contribution in [2.24, 2.45) is 0 Å². The van der Waals surface area contributed by atoms with Crippen LogP contribution in [0.5, 0.6) is 0 Å². The van der Waals surface area contributed by atoms with Crippen LogP contribution >= 0.6 is 0 Å². The van der Waals surface area contributed by atoms with E-state index in [9.17, 15) is 4.79 Å². The number of hydrogen-bond donors (Lipinski definition) is 1. The Kier molecular flexibility index (Phi) is 3.94. The Morgan fingerprint density at radius 3 is 3.00 bits per heavy atom. The van der Waals surface area contributed by atoms with Gasteiger partial charge in [0.2, 0.25) is 0 Å². The molecule has 5 nitrogen and oxygen atoms in total. The zero-order valence-electron chi connectivity index (χ0n) is 12.3. The van der Waals surface area contributed by atoms with Gasteiger partial charge in [-0.3, -0.25) is 14.3 Å². The molecule has 0 aliphatic carbocycles. The van der Waals surface area contributed by atoms with Gasteiger partial charge in [0.05, 0.1) is 19.3 Å². The van der Waals surface area contributed by atoms with E-state index in [1.165, 1.54) is 0 Å². The molecule has 1 atom stereocenters. The van der Waals surface area contributed by atoms with Gasteiger partial charge in [0.15, 0.2) is 0 Å². The molecule has 1 fully saturated rings. The molecule has 1 unspecified atom stereocenters. The summed E-state index contributed by atoms with van der Waals surface area (Å²) < 4.78 is 7.41. The maximum Gasteiger partial charge on any atom is 0.260 e. The average molecular weight is 287 g/mol. The fourth-order valence-corrected chi connectivity index (χ4v) is 2.89. The molecule has 1 aromatic heterocycles. The Morgan fingerprint density at radius 2 is 2.19 bits per heavy atom. The molecule has 21 heavy (non-hydrogen) atoms. The van der Waals surface area contributed by atoms with Crippen molar-refractivity contribution in [3.05, 3.63) is 40.7 Å². The van der Waals surface area contributed by atoms with E-state index >= 15 is 0 Å². The standard InChI is InChI=1S/C16H21N3O2/c1-2-18-7-8-21-13(10-18)11-19-15(17)9-12-5-3-4-6-14(12)16(19)20/h3-6,9,13H,2,7-8,10-11,17H2,1H3. The van der Waals surface area contributed by atoms with Gasteiger partial charge in [0.25, 0.3) is 5.56 Å². The molecule has 0 radical (unpaired) electrons. The third-order valence-corrected chi connectivity index (χ3v) is 4.11. The number of nitrogen functional groups attached to an aromatic ring is 1. The number of fused-ring (bicyclic) bond motifs is 1. The molecule has 112 valence electrons. The Labute approximate surface area is 123 Å². The second kappa shape index (κ2) is 5.87. The molecule has 1 aromatic carbocycles. The average Bonchev–Trinajstić information content (AvgIpc) is 2.51. The second-order valence-electron chi connectivity index (χ2n) is 5.46. The summed E-state index contributed by atoms with van der Waals surface area (Å²) in [6.45, 7) is 6.15. The zero-order chi connectivity index (χ0) is 14.8. The van der Waals surface area contributed by atoms with Gasteiger partial charge in [-0.05, 0) is 24.1 Å². The molecule has 1 aliphatic heterocycles. The first kappa shape index (κ1) is 14.1. The van der Waals surface area contributed by atoms with Crippen LogP contribution in [0.2, 0.25) is 0 Å². The molecular weight excluding hydrogens is 266 g/mol. The van der Waals surface area contributed by atoms with Crippen molar-refractivity contribution < 1.29 is 4.74 Å².